The molecule has 0 aliphatic heterocycles. The van der Waals surface area contributed by atoms with Gasteiger partial charge in [-0.1, -0.05) is 0 Å². The van der Waals surface area contributed by atoms with Crippen LogP contribution in [0.15, 0.2) is 18.2 Å². The van der Waals surface area contributed by atoms with Gasteiger partial charge in [-0.15, -0.1) is 0 Å². The van der Waals surface area contributed by atoms with Crippen LogP contribution in [0.4, 0.5) is 0 Å². The van der Waals surface area contributed by atoms with Crippen molar-refractivity contribution < 1.29 is 27.8 Å². The first kappa shape index (κ1) is 13.3. The summed E-state index contributed by atoms with van der Waals surface area (Å²) in [5.41, 5.74) is -0.234. The molecule has 0 saturated heterocycles. The Morgan fingerprint density at radius 1 is 1.35 bits per heavy atom. The van der Waals surface area contributed by atoms with Crippen molar-refractivity contribution in [3.05, 3.63) is 23.8 Å². The minimum absolute atomic E-state index is 0.0308. The van der Waals surface area contributed by atoms with Crippen molar-refractivity contribution in [2.24, 2.45) is 0 Å². The number of phenols is 1. The molecule has 17 heavy (non-hydrogen) atoms. The van der Waals surface area contributed by atoms with E-state index < -0.39 is 32.6 Å². The molecule has 1 rings (SSSR count). The molecule has 1 aromatic carbocycles. The minimum atomic E-state index is -3.19. The average Bonchev–Trinajstić information content (AvgIpc) is 2.26. The summed E-state index contributed by atoms with van der Waals surface area (Å²) in [4.78, 5) is 21.7. The molecule has 0 aromatic heterocycles. The summed E-state index contributed by atoms with van der Waals surface area (Å²) in [6.45, 7) is -0.598. The zero-order chi connectivity index (χ0) is 13.0. The second kappa shape index (κ2) is 5.53. The zero-order valence-electron chi connectivity index (χ0n) is 8.41. The van der Waals surface area contributed by atoms with E-state index in [0.29, 0.717) is 0 Å². The molecule has 1 unspecified atom stereocenters. The van der Waals surface area contributed by atoms with Crippen molar-refractivity contribution >= 4 is 30.5 Å². The molecule has 1 atom stereocenters. The number of carboxylic acid groups (broad SMARTS) is 1. The molecule has 1 aromatic rings. The van der Waals surface area contributed by atoms with Crippen molar-refractivity contribution in [1.29, 1.82) is 0 Å². The number of hydrogen-bond donors (Lipinski definition) is 4. The standard InChI is InChI=1S/C9H9NO6Se/c11-7-2-1-5(17(15)16)3-6(7)9(14)10-4-8(12)13/h1-3,11H,4H2,(H,10,14)(H,12,13)(H,15,16). The summed E-state index contributed by atoms with van der Waals surface area (Å²) >= 11 is -3.19. The summed E-state index contributed by atoms with van der Waals surface area (Å²) in [5.74, 6) is -2.44. The van der Waals surface area contributed by atoms with Gasteiger partial charge in [-0.25, -0.2) is 0 Å². The molecule has 7 nitrogen and oxygen atoms in total. The predicted octanol–water partition coefficient (Wildman–Crippen LogP) is -1.68. The summed E-state index contributed by atoms with van der Waals surface area (Å²) in [5, 5.41) is 19.8. The molecule has 0 aliphatic carbocycles. The fraction of sp³-hybridized carbons (Fsp3) is 0.111. The first-order valence-corrected chi connectivity index (χ1v) is 6.68. The third-order valence-electron chi connectivity index (χ3n) is 1.81. The number of nitrogens with one attached hydrogen (secondary N) is 1. The van der Waals surface area contributed by atoms with E-state index in [4.69, 9.17) is 9.30 Å². The van der Waals surface area contributed by atoms with Crippen LogP contribution in [-0.2, 0) is 8.63 Å². The Bertz CT molecular complexity index is 486. The molecular weight excluding hydrogens is 297 g/mol. The fourth-order valence-corrected chi connectivity index (χ4v) is 1.90. The summed E-state index contributed by atoms with van der Waals surface area (Å²) in [7, 11) is 0. The number of aromatic hydroxyl groups is 1. The number of carboxylic acids is 1. The van der Waals surface area contributed by atoms with E-state index in [1.165, 1.54) is 6.07 Å². The van der Waals surface area contributed by atoms with E-state index in [9.17, 15) is 18.5 Å². The van der Waals surface area contributed by atoms with E-state index in [1.54, 1.807) is 0 Å². The van der Waals surface area contributed by atoms with Gasteiger partial charge in [0.15, 0.2) is 0 Å². The van der Waals surface area contributed by atoms with Crippen molar-refractivity contribution in [3.63, 3.8) is 0 Å². The number of amides is 1. The SMILES string of the molecule is O=C(O)CNC(=O)c1cc([Se](=O)O)ccc1O. The second-order valence-corrected chi connectivity index (χ2v) is 5.04. The van der Waals surface area contributed by atoms with Gasteiger partial charge in [0.05, 0.1) is 0 Å². The van der Waals surface area contributed by atoms with Crippen LogP contribution >= 0.6 is 0 Å². The van der Waals surface area contributed by atoms with Gasteiger partial charge in [0, 0.05) is 0 Å². The molecule has 0 spiro atoms. The molecule has 4 N–H and O–H groups in total. The van der Waals surface area contributed by atoms with Crippen LogP contribution in [-0.4, -0.2) is 47.0 Å². The van der Waals surface area contributed by atoms with Crippen LogP contribution in [0.25, 0.3) is 0 Å². The van der Waals surface area contributed by atoms with Gasteiger partial charge in [-0.3, -0.25) is 0 Å². The first-order chi connectivity index (χ1) is 7.91. The number of hydrogen-bond acceptors (Lipinski definition) is 4. The number of aliphatic carboxylic acids is 1. The Kier molecular flexibility index (Phi) is 4.33. The Morgan fingerprint density at radius 3 is 2.53 bits per heavy atom. The monoisotopic (exact) mass is 307 g/mol. The number of phenolic OH excluding ortho intramolecular Hbond substituents is 1. The Labute approximate surface area is 100 Å². The zero-order valence-corrected chi connectivity index (χ0v) is 10.1. The number of benzene rings is 1. The molecule has 0 radical (unpaired) electrons. The Morgan fingerprint density at radius 2 is 2.00 bits per heavy atom. The van der Waals surface area contributed by atoms with Crippen LogP contribution in [0, 0.1) is 0 Å². The first-order valence-electron chi connectivity index (χ1n) is 4.35. The molecule has 0 saturated carbocycles. The maximum absolute atomic E-state index is 11.4. The normalized spacial score (nSPS) is 11.8. The second-order valence-electron chi connectivity index (χ2n) is 3.00. The van der Waals surface area contributed by atoms with Gasteiger partial charge >= 0.3 is 99.7 Å². The van der Waals surface area contributed by atoms with Crippen molar-refractivity contribution in [1.82, 2.24) is 5.32 Å². The predicted molar refractivity (Wildman–Crippen MR) is 56.4 cm³/mol. The van der Waals surface area contributed by atoms with Crippen LogP contribution in [0.2, 0.25) is 0 Å². The van der Waals surface area contributed by atoms with Crippen molar-refractivity contribution in [2.75, 3.05) is 6.54 Å². The number of carbonyl (C=O) groups excluding carboxylic acids is 1. The van der Waals surface area contributed by atoms with E-state index in [1.807, 2.05) is 5.32 Å². The van der Waals surface area contributed by atoms with Crippen molar-refractivity contribution in [2.45, 2.75) is 0 Å². The van der Waals surface area contributed by atoms with Gasteiger partial charge in [0.25, 0.3) is 0 Å². The number of rotatable bonds is 4. The third-order valence-corrected chi connectivity index (χ3v) is 3.19. The summed E-state index contributed by atoms with van der Waals surface area (Å²) < 4.78 is 19.8. The molecule has 0 aliphatic rings. The van der Waals surface area contributed by atoms with Gasteiger partial charge in [0.2, 0.25) is 0 Å². The van der Waals surface area contributed by atoms with Crippen LogP contribution in [0.5, 0.6) is 5.75 Å². The van der Waals surface area contributed by atoms with Gasteiger partial charge in [0.1, 0.15) is 0 Å². The van der Waals surface area contributed by atoms with Crippen LogP contribution in [0.3, 0.4) is 0 Å². The van der Waals surface area contributed by atoms with Gasteiger partial charge in [-0.2, -0.15) is 0 Å². The third kappa shape index (κ3) is 3.63. The van der Waals surface area contributed by atoms with Crippen LogP contribution < -0.4 is 9.78 Å². The summed E-state index contributed by atoms with van der Waals surface area (Å²) in [6, 6.07) is 3.39. The molecule has 0 heterocycles. The van der Waals surface area contributed by atoms with Crippen molar-refractivity contribution in [3.8, 4) is 5.75 Å². The molecule has 8 heteroatoms. The van der Waals surface area contributed by atoms with E-state index in [2.05, 4.69) is 0 Å². The molecule has 0 bridgehead atoms. The van der Waals surface area contributed by atoms with Gasteiger partial charge in [-0.05, 0) is 0 Å². The molecule has 1 amide bonds. The van der Waals surface area contributed by atoms with E-state index in [0.717, 1.165) is 12.1 Å². The topological polar surface area (TPSA) is 124 Å². The van der Waals surface area contributed by atoms with E-state index in [-0.39, 0.29) is 15.8 Å². The number of carbonyl (C=O) groups is 2. The van der Waals surface area contributed by atoms with Gasteiger partial charge < -0.3 is 0 Å². The maximum atomic E-state index is 11.4. The molecular formula is C9H9NO6Se. The quantitative estimate of drug-likeness (QED) is 0.493. The summed E-state index contributed by atoms with van der Waals surface area (Å²) in [6.07, 6.45) is 0. The Balaban J connectivity index is 2.95. The average molecular weight is 306 g/mol. The molecule has 92 valence electrons. The molecule has 0 fully saturated rings. The van der Waals surface area contributed by atoms with E-state index >= 15 is 0 Å². The van der Waals surface area contributed by atoms with Crippen LogP contribution in [0.1, 0.15) is 10.4 Å². The fourth-order valence-electron chi connectivity index (χ4n) is 1.06. The Hall–Kier alpha value is -1.76.